The first kappa shape index (κ1) is 18.5. The van der Waals surface area contributed by atoms with Crippen molar-refractivity contribution in [3.8, 4) is 5.75 Å². The van der Waals surface area contributed by atoms with Gasteiger partial charge in [0, 0.05) is 37.7 Å². The van der Waals surface area contributed by atoms with E-state index in [1.54, 1.807) is 48.7 Å². The van der Waals surface area contributed by atoms with Gasteiger partial charge in [0.1, 0.15) is 5.75 Å². The molecule has 2 heterocycles. The Labute approximate surface area is 157 Å². The summed E-state index contributed by atoms with van der Waals surface area (Å²) in [5, 5.41) is 12.2. The summed E-state index contributed by atoms with van der Waals surface area (Å²) < 4.78 is 5.12. The molecule has 1 saturated heterocycles. The predicted octanol–water partition coefficient (Wildman–Crippen LogP) is 2.53. The average molecular weight is 370 g/mol. The highest BCUT2D eigenvalue weighted by molar-refractivity contribution is 5.89. The van der Waals surface area contributed by atoms with E-state index >= 15 is 0 Å². The van der Waals surface area contributed by atoms with Gasteiger partial charge in [0.15, 0.2) is 0 Å². The molecule has 1 atom stereocenters. The molecule has 2 aromatic rings. The number of rotatable bonds is 4. The van der Waals surface area contributed by atoms with Crippen LogP contribution in [-0.2, 0) is 6.42 Å². The molecule has 27 heavy (non-hydrogen) atoms. The molecule has 0 bridgehead atoms. The number of hydrogen-bond donors (Lipinski definition) is 2. The molecule has 1 aromatic carbocycles. The van der Waals surface area contributed by atoms with Gasteiger partial charge in [-0.3, -0.25) is 4.98 Å². The van der Waals surface area contributed by atoms with Gasteiger partial charge in [-0.05, 0) is 42.3 Å². The zero-order valence-corrected chi connectivity index (χ0v) is 15.0. The van der Waals surface area contributed by atoms with E-state index in [1.807, 2.05) is 12.1 Å². The minimum absolute atomic E-state index is 0.251. The van der Waals surface area contributed by atoms with Crippen molar-refractivity contribution >= 4 is 17.8 Å². The molecule has 1 aliphatic heterocycles. The van der Waals surface area contributed by atoms with Gasteiger partial charge in [-0.1, -0.05) is 6.07 Å². The average Bonchev–Trinajstić information content (AvgIpc) is 2.69. The maximum atomic E-state index is 12.8. The molecule has 3 amide bonds. The lowest BCUT2D eigenvalue weighted by Gasteiger charge is -2.40. The number of piperazine rings is 1. The second-order valence-corrected chi connectivity index (χ2v) is 6.30. The number of carboxylic acid groups (broad SMARTS) is 1. The number of methoxy groups -OCH3 is 1. The molecule has 1 unspecified atom stereocenters. The second-order valence-electron chi connectivity index (χ2n) is 6.30. The third-order valence-corrected chi connectivity index (χ3v) is 4.55. The Hall–Kier alpha value is -3.29. The summed E-state index contributed by atoms with van der Waals surface area (Å²) in [5.41, 5.74) is 1.61. The molecule has 0 spiro atoms. The van der Waals surface area contributed by atoms with Crippen molar-refractivity contribution in [3.63, 3.8) is 0 Å². The molecule has 1 aromatic heterocycles. The lowest BCUT2D eigenvalue weighted by atomic mass is 10.0. The zero-order chi connectivity index (χ0) is 19.2. The van der Waals surface area contributed by atoms with E-state index in [0.29, 0.717) is 24.4 Å². The molecule has 0 saturated carbocycles. The number of carbonyl (C=O) groups excluding carboxylic acids is 1. The molecule has 3 rings (SSSR count). The van der Waals surface area contributed by atoms with Gasteiger partial charge < -0.3 is 25.0 Å². The van der Waals surface area contributed by atoms with Crippen LogP contribution in [0.3, 0.4) is 0 Å². The van der Waals surface area contributed by atoms with Crippen molar-refractivity contribution in [1.29, 1.82) is 0 Å². The summed E-state index contributed by atoms with van der Waals surface area (Å²) in [5.74, 6) is 0.706. The number of benzene rings is 1. The number of nitrogens with one attached hydrogen (secondary N) is 1. The largest absolute Gasteiger partial charge is 0.497 e. The molecule has 142 valence electrons. The van der Waals surface area contributed by atoms with Crippen molar-refractivity contribution in [1.82, 2.24) is 14.8 Å². The van der Waals surface area contributed by atoms with E-state index in [-0.39, 0.29) is 25.2 Å². The SMILES string of the molecule is COc1ccc(NC(=O)N2CCN(C(=O)O)CC2Cc2cccnc2)cc1. The minimum atomic E-state index is -0.971. The Kier molecular flexibility index (Phi) is 5.75. The Morgan fingerprint density at radius 1 is 1.26 bits per heavy atom. The van der Waals surface area contributed by atoms with Gasteiger partial charge >= 0.3 is 12.1 Å². The van der Waals surface area contributed by atoms with Gasteiger partial charge in [-0.25, -0.2) is 9.59 Å². The number of pyridine rings is 1. The lowest BCUT2D eigenvalue weighted by Crippen LogP contribution is -2.58. The monoisotopic (exact) mass is 370 g/mol. The molecule has 0 radical (unpaired) electrons. The highest BCUT2D eigenvalue weighted by Crippen LogP contribution is 2.19. The van der Waals surface area contributed by atoms with E-state index in [9.17, 15) is 14.7 Å². The molecular formula is C19H22N4O4. The maximum Gasteiger partial charge on any atom is 0.407 e. The Morgan fingerprint density at radius 3 is 2.67 bits per heavy atom. The summed E-state index contributed by atoms with van der Waals surface area (Å²) in [6, 6.07) is 10.3. The van der Waals surface area contributed by atoms with Crippen molar-refractivity contribution in [3.05, 3.63) is 54.4 Å². The third kappa shape index (κ3) is 4.66. The second kappa shape index (κ2) is 8.39. The minimum Gasteiger partial charge on any atom is -0.497 e. The number of anilines is 1. The summed E-state index contributed by atoms with van der Waals surface area (Å²) in [7, 11) is 1.58. The van der Waals surface area contributed by atoms with Crippen molar-refractivity contribution in [2.24, 2.45) is 0 Å². The smallest absolute Gasteiger partial charge is 0.407 e. The van der Waals surface area contributed by atoms with Crippen LogP contribution in [-0.4, -0.2) is 64.8 Å². The van der Waals surface area contributed by atoms with Crippen LogP contribution in [0.25, 0.3) is 0 Å². The normalized spacial score (nSPS) is 16.7. The summed E-state index contributed by atoms with van der Waals surface area (Å²) in [6.45, 7) is 0.883. The predicted molar refractivity (Wildman–Crippen MR) is 100 cm³/mol. The number of hydrogen-bond acceptors (Lipinski definition) is 4. The fraction of sp³-hybridized carbons (Fsp3) is 0.316. The van der Waals surface area contributed by atoms with Crippen molar-refractivity contribution in [2.75, 3.05) is 32.1 Å². The van der Waals surface area contributed by atoms with Gasteiger partial charge in [-0.2, -0.15) is 0 Å². The topological polar surface area (TPSA) is 95.0 Å². The van der Waals surface area contributed by atoms with E-state index in [4.69, 9.17) is 4.74 Å². The molecular weight excluding hydrogens is 348 g/mol. The standard InChI is InChI=1S/C19H22N4O4/c1-27-17-6-4-15(5-7-17)21-18(24)23-10-9-22(19(25)26)13-16(23)11-14-3-2-8-20-12-14/h2-8,12,16H,9-11,13H2,1H3,(H,21,24)(H,25,26). The molecule has 8 heteroatoms. The summed E-state index contributed by atoms with van der Waals surface area (Å²) in [4.78, 5) is 31.3. The first-order valence-corrected chi connectivity index (χ1v) is 8.65. The Bertz CT molecular complexity index is 782. The summed E-state index contributed by atoms with van der Waals surface area (Å²) >= 11 is 0. The van der Waals surface area contributed by atoms with Crippen LogP contribution in [0.2, 0.25) is 0 Å². The molecule has 1 aliphatic rings. The number of amides is 3. The van der Waals surface area contributed by atoms with Crippen LogP contribution in [0.5, 0.6) is 5.75 Å². The summed E-state index contributed by atoms with van der Waals surface area (Å²) in [6.07, 6.45) is 2.98. The number of carbonyl (C=O) groups is 2. The van der Waals surface area contributed by atoms with E-state index in [1.165, 1.54) is 4.90 Å². The number of ether oxygens (including phenoxy) is 1. The first-order valence-electron chi connectivity index (χ1n) is 8.65. The van der Waals surface area contributed by atoms with Crippen LogP contribution in [0, 0.1) is 0 Å². The van der Waals surface area contributed by atoms with Crippen molar-refractivity contribution < 1.29 is 19.4 Å². The van der Waals surface area contributed by atoms with Crippen molar-refractivity contribution in [2.45, 2.75) is 12.5 Å². The van der Waals surface area contributed by atoms with E-state index in [0.717, 1.165) is 5.56 Å². The quantitative estimate of drug-likeness (QED) is 0.862. The molecule has 8 nitrogen and oxygen atoms in total. The van der Waals surface area contributed by atoms with Crippen LogP contribution in [0.1, 0.15) is 5.56 Å². The fourth-order valence-corrected chi connectivity index (χ4v) is 3.13. The zero-order valence-electron chi connectivity index (χ0n) is 15.0. The van der Waals surface area contributed by atoms with E-state index in [2.05, 4.69) is 10.3 Å². The van der Waals surface area contributed by atoms with Gasteiger partial charge in [0.2, 0.25) is 0 Å². The first-order chi connectivity index (χ1) is 13.1. The van der Waals surface area contributed by atoms with Crippen LogP contribution in [0.15, 0.2) is 48.8 Å². The van der Waals surface area contributed by atoms with Crippen LogP contribution >= 0.6 is 0 Å². The molecule has 1 fully saturated rings. The highest BCUT2D eigenvalue weighted by atomic mass is 16.5. The molecule has 0 aliphatic carbocycles. The number of nitrogens with zero attached hydrogens (tertiary/aromatic N) is 3. The fourth-order valence-electron chi connectivity index (χ4n) is 3.13. The third-order valence-electron chi connectivity index (χ3n) is 4.55. The van der Waals surface area contributed by atoms with Gasteiger partial charge in [0.05, 0.1) is 13.2 Å². The highest BCUT2D eigenvalue weighted by Gasteiger charge is 2.32. The lowest BCUT2D eigenvalue weighted by molar-refractivity contribution is 0.0870. The van der Waals surface area contributed by atoms with Crippen LogP contribution in [0.4, 0.5) is 15.3 Å². The van der Waals surface area contributed by atoms with Crippen LogP contribution < -0.4 is 10.1 Å². The molecule has 2 N–H and O–H groups in total. The number of urea groups is 1. The Morgan fingerprint density at radius 2 is 2.04 bits per heavy atom. The maximum absolute atomic E-state index is 12.8. The number of aromatic nitrogens is 1. The van der Waals surface area contributed by atoms with Gasteiger partial charge in [0.25, 0.3) is 0 Å². The van der Waals surface area contributed by atoms with Gasteiger partial charge in [-0.15, -0.1) is 0 Å². The van der Waals surface area contributed by atoms with E-state index < -0.39 is 6.09 Å². The Balaban J connectivity index is 1.73.